The zero-order valence-corrected chi connectivity index (χ0v) is 13.8. The van der Waals surface area contributed by atoms with Gasteiger partial charge in [0, 0.05) is 17.6 Å². The number of aromatic amines is 1. The van der Waals surface area contributed by atoms with Crippen molar-refractivity contribution < 1.29 is 9.53 Å². The predicted molar refractivity (Wildman–Crippen MR) is 92.8 cm³/mol. The number of carbonyl (C=O) groups excluding carboxylic acids is 1. The minimum absolute atomic E-state index is 0.245. The van der Waals surface area contributed by atoms with E-state index in [4.69, 9.17) is 16.3 Å². The summed E-state index contributed by atoms with van der Waals surface area (Å²) in [5.41, 5.74) is 3.99. The van der Waals surface area contributed by atoms with Crippen LogP contribution in [-0.2, 0) is 29.0 Å². The molecule has 0 aliphatic carbocycles. The summed E-state index contributed by atoms with van der Waals surface area (Å²) >= 11 is 5.83. The molecular formula is C19H17ClN2O2. The molecule has 1 N–H and O–H groups in total. The highest BCUT2D eigenvalue weighted by molar-refractivity contribution is 6.30. The van der Waals surface area contributed by atoms with Gasteiger partial charge in [-0.25, -0.2) is 4.98 Å². The number of aromatic nitrogens is 2. The molecular weight excluding hydrogens is 324 g/mol. The maximum absolute atomic E-state index is 11.9. The van der Waals surface area contributed by atoms with Crippen molar-refractivity contribution in [3.63, 3.8) is 0 Å². The van der Waals surface area contributed by atoms with Crippen LogP contribution >= 0.6 is 11.6 Å². The number of benzene rings is 2. The molecule has 24 heavy (non-hydrogen) atoms. The summed E-state index contributed by atoms with van der Waals surface area (Å²) in [5, 5.41) is 0.667. The predicted octanol–water partition coefficient (Wildman–Crippen LogP) is 3.94. The van der Waals surface area contributed by atoms with Gasteiger partial charge in [0.25, 0.3) is 0 Å². The second-order valence-corrected chi connectivity index (χ2v) is 5.95. The highest BCUT2D eigenvalue weighted by atomic mass is 35.5. The third-order valence-electron chi connectivity index (χ3n) is 3.62. The summed E-state index contributed by atoms with van der Waals surface area (Å²) in [6.07, 6.45) is 4.57. The van der Waals surface area contributed by atoms with Crippen LogP contribution in [-0.4, -0.2) is 15.9 Å². The zero-order valence-electron chi connectivity index (χ0n) is 13.0. The highest BCUT2D eigenvalue weighted by Crippen LogP contribution is 2.12. The third-order valence-corrected chi connectivity index (χ3v) is 3.88. The van der Waals surface area contributed by atoms with E-state index in [1.807, 2.05) is 42.6 Å². The van der Waals surface area contributed by atoms with E-state index in [0.717, 1.165) is 28.8 Å². The normalized spacial score (nSPS) is 10.5. The number of halogens is 1. The first-order valence-electron chi connectivity index (χ1n) is 7.64. The van der Waals surface area contributed by atoms with E-state index in [9.17, 15) is 4.79 Å². The molecule has 0 radical (unpaired) electrons. The van der Waals surface area contributed by atoms with Crippen LogP contribution in [0, 0.1) is 0 Å². The first-order valence-corrected chi connectivity index (χ1v) is 8.02. The first-order chi connectivity index (χ1) is 11.7. The van der Waals surface area contributed by atoms with Crippen molar-refractivity contribution in [3.8, 4) is 0 Å². The average Bonchev–Trinajstić information content (AvgIpc) is 3.09. The quantitative estimate of drug-likeness (QED) is 0.691. The molecule has 1 heterocycles. The number of nitrogens with one attached hydrogen (secondary N) is 1. The molecule has 0 fully saturated rings. The average molecular weight is 341 g/mol. The van der Waals surface area contributed by atoms with Crippen molar-refractivity contribution in [1.82, 2.24) is 9.97 Å². The number of hydrogen-bond donors (Lipinski definition) is 1. The second kappa shape index (κ2) is 7.79. The van der Waals surface area contributed by atoms with Crippen LogP contribution in [0.1, 0.15) is 22.4 Å². The van der Waals surface area contributed by atoms with Crippen molar-refractivity contribution >= 4 is 17.6 Å². The molecule has 2 aromatic carbocycles. The standard InChI is InChI=1S/C19H17ClN2O2/c20-17-7-5-16(6-8-17)12-24-19(23)10-15-3-1-14(2-4-15)9-18-11-21-13-22-18/h1-8,11,13H,9-10,12H2,(H,21,22). The maximum Gasteiger partial charge on any atom is 0.310 e. The van der Waals surface area contributed by atoms with Gasteiger partial charge in [-0.1, -0.05) is 48.0 Å². The Balaban J connectivity index is 1.49. The van der Waals surface area contributed by atoms with E-state index in [1.54, 1.807) is 18.5 Å². The van der Waals surface area contributed by atoms with Crippen LogP contribution in [0.25, 0.3) is 0 Å². The molecule has 4 nitrogen and oxygen atoms in total. The minimum Gasteiger partial charge on any atom is -0.461 e. The molecule has 122 valence electrons. The van der Waals surface area contributed by atoms with Gasteiger partial charge in [0.05, 0.1) is 18.4 Å². The molecule has 0 amide bonds. The second-order valence-electron chi connectivity index (χ2n) is 5.52. The number of ether oxygens (including phenoxy) is 1. The van der Waals surface area contributed by atoms with Crippen LogP contribution in [0.2, 0.25) is 5.02 Å². The Kier molecular flexibility index (Phi) is 5.29. The van der Waals surface area contributed by atoms with E-state index in [1.165, 1.54) is 0 Å². The molecule has 0 spiro atoms. The number of carbonyl (C=O) groups is 1. The van der Waals surface area contributed by atoms with Crippen molar-refractivity contribution in [2.45, 2.75) is 19.4 Å². The van der Waals surface area contributed by atoms with Gasteiger partial charge in [-0.3, -0.25) is 4.79 Å². The Bertz CT molecular complexity index is 781. The van der Waals surface area contributed by atoms with Crippen LogP contribution in [0.3, 0.4) is 0 Å². The van der Waals surface area contributed by atoms with Gasteiger partial charge in [0.15, 0.2) is 0 Å². The number of hydrogen-bond acceptors (Lipinski definition) is 3. The number of H-pyrrole nitrogens is 1. The van der Waals surface area contributed by atoms with Crippen LogP contribution < -0.4 is 0 Å². The lowest BCUT2D eigenvalue weighted by Gasteiger charge is -2.06. The van der Waals surface area contributed by atoms with Crippen molar-refractivity contribution in [1.29, 1.82) is 0 Å². The highest BCUT2D eigenvalue weighted by Gasteiger charge is 2.06. The van der Waals surface area contributed by atoms with E-state index in [0.29, 0.717) is 5.02 Å². The Morgan fingerprint density at radius 2 is 1.67 bits per heavy atom. The number of imidazole rings is 1. The SMILES string of the molecule is O=C(Cc1ccc(Cc2c[nH]cn2)cc1)OCc1ccc(Cl)cc1. The minimum atomic E-state index is -0.245. The van der Waals surface area contributed by atoms with Gasteiger partial charge in [-0.2, -0.15) is 0 Å². The molecule has 0 aliphatic rings. The first kappa shape index (κ1) is 16.3. The molecule has 0 bridgehead atoms. The van der Waals surface area contributed by atoms with Gasteiger partial charge >= 0.3 is 5.97 Å². The van der Waals surface area contributed by atoms with Crippen molar-refractivity contribution in [2.75, 3.05) is 0 Å². The molecule has 0 saturated heterocycles. The van der Waals surface area contributed by atoms with Crippen LogP contribution in [0.15, 0.2) is 61.1 Å². The van der Waals surface area contributed by atoms with Crippen molar-refractivity contribution in [2.24, 2.45) is 0 Å². The molecule has 1 aromatic heterocycles. The van der Waals surface area contributed by atoms with Gasteiger partial charge in [-0.15, -0.1) is 0 Å². The Morgan fingerprint density at radius 3 is 2.33 bits per heavy atom. The number of rotatable bonds is 6. The molecule has 3 aromatic rings. The molecule has 5 heteroatoms. The molecule has 0 unspecified atom stereocenters. The van der Waals surface area contributed by atoms with Gasteiger partial charge < -0.3 is 9.72 Å². The summed E-state index contributed by atoms with van der Waals surface area (Å²) in [4.78, 5) is 19.1. The largest absolute Gasteiger partial charge is 0.461 e. The summed E-state index contributed by atoms with van der Waals surface area (Å²) in [6, 6.07) is 15.2. The van der Waals surface area contributed by atoms with Gasteiger partial charge in [-0.05, 0) is 28.8 Å². The lowest BCUT2D eigenvalue weighted by atomic mass is 10.1. The number of esters is 1. The lowest BCUT2D eigenvalue weighted by Crippen LogP contribution is -2.08. The Morgan fingerprint density at radius 1 is 1.00 bits per heavy atom. The fourth-order valence-electron chi connectivity index (χ4n) is 2.33. The maximum atomic E-state index is 11.9. The van der Waals surface area contributed by atoms with Crippen molar-refractivity contribution in [3.05, 3.63) is 88.5 Å². The van der Waals surface area contributed by atoms with Gasteiger partial charge in [0.1, 0.15) is 6.61 Å². The van der Waals surface area contributed by atoms with Gasteiger partial charge in [0.2, 0.25) is 0 Å². The lowest BCUT2D eigenvalue weighted by molar-refractivity contribution is -0.144. The monoisotopic (exact) mass is 340 g/mol. The van der Waals surface area contributed by atoms with Crippen LogP contribution in [0.5, 0.6) is 0 Å². The summed E-state index contributed by atoms with van der Waals surface area (Å²) in [7, 11) is 0. The fourth-order valence-corrected chi connectivity index (χ4v) is 2.46. The topological polar surface area (TPSA) is 55.0 Å². The summed E-state index contributed by atoms with van der Waals surface area (Å²) < 4.78 is 5.29. The van der Waals surface area contributed by atoms with E-state index >= 15 is 0 Å². The fraction of sp³-hybridized carbons (Fsp3) is 0.158. The smallest absolute Gasteiger partial charge is 0.310 e. The third kappa shape index (κ3) is 4.70. The summed E-state index contributed by atoms with van der Waals surface area (Å²) in [6.45, 7) is 0.257. The Hall–Kier alpha value is -2.59. The van der Waals surface area contributed by atoms with E-state index in [2.05, 4.69) is 9.97 Å². The van der Waals surface area contributed by atoms with Crippen LogP contribution in [0.4, 0.5) is 0 Å². The Labute approximate surface area is 145 Å². The molecule has 0 saturated carbocycles. The molecule has 3 rings (SSSR count). The van der Waals surface area contributed by atoms with E-state index < -0.39 is 0 Å². The molecule has 0 aliphatic heterocycles. The van der Waals surface area contributed by atoms with E-state index in [-0.39, 0.29) is 19.0 Å². The summed E-state index contributed by atoms with van der Waals surface area (Å²) in [5.74, 6) is -0.245. The number of nitrogens with zero attached hydrogens (tertiary/aromatic N) is 1. The zero-order chi connectivity index (χ0) is 16.8. The molecule has 0 atom stereocenters.